The number of nitrogens with one attached hydrogen (secondary N) is 1. The molecular formula is C16H23N3O2. The molecule has 0 spiro atoms. The smallest absolute Gasteiger partial charge is 0.272 e. The lowest BCUT2D eigenvalue weighted by molar-refractivity contribution is -0.385. The van der Waals surface area contributed by atoms with Crippen molar-refractivity contribution >= 4 is 11.4 Å². The molecule has 0 radical (unpaired) electrons. The number of piperidine rings is 1. The van der Waals surface area contributed by atoms with E-state index in [0.717, 1.165) is 24.3 Å². The summed E-state index contributed by atoms with van der Waals surface area (Å²) in [7, 11) is 2.26. The molecule has 21 heavy (non-hydrogen) atoms. The number of hydrogen-bond acceptors (Lipinski definition) is 4. The van der Waals surface area contributed by atoms with Crippen LogP contribution in [0.25, 0.3) is 0 Å². The first kappa shape index (κ1) is 14.3. The van der Waals surface area contributed by atoms with Gasteiger partial charge in [-0.1, -0.05) is 0 Å². The van der Waals surface area contributed by atoms with Crippen LogP contribution in [0.2, 0.25) is 0 Å². The number of nitrogens with zero attached hydrogens (tertiary/aromatic N) is 2. The topological polar surface area (TPSA) is 58.4 Å². The second-order valence-corrected chi connectivity index (χ2v) is 6.53. The van der Waals surface area contributed by atoms with Crippen LogP contribution in [-0.4, -0.2) is 35.5 Å². The van der Waals surface area contributed by atoms with Gasteiger partial charge in [0.25, 0.3) is 5.69 Å². The zero-order chi connectivity index (χ0) is 15.0. The van der Waals surface area contributed by atoms with E-state index in [1.807, 2.05) is 12.1 Å². The Morgan fingerprint density at radius 2 is 2.00 bits per heavy atom. The van der Waals surface area contributed by atoms with Gasteiger partial charge in [0.15, 0.2) is 0 Å². The van der Waals surface area contributed by atoms with E-state index >= 15 is 0 Å². The number of nitro benzene ring substituents is 1. The second kappa shape index (κ2) is 5.64. The fourth-order valence-corrected chi connectivity index (χ4v) is 3.92. The van der Waals surface area contributed by atoms with Crippen molar-refractivity contribution in [3.63, 3.8) is 0 Å². The molecule has 0 amide bonds. The Morgan fingerprint density at radius 1 is 1.33 bits per heavy atom. The first-order valence-corrected chi connectivity index (χ1v) is 7.75. The van der Waals surface area contributed by atoms with Gasteiger partial charge >= 0.3 is 0 Å². The molecule has 114 valence electrons. The zero-order valence-corrected chi connectivity index (χ0v) is 12.7. The number of nitro groups is 1. The van der Waals surface area contributed by atoms with Crippen LogP contribution in [0.5, 0.6) is 0 Å². The molecule has 2 aliphatic heterocycles. The summed E-state index contributed by atoms with van der Waals surface area (Å²) in [5.74, 6) is 0.717. The van der Waals surface area contributed by atoms with Crippen LogP contribution in [0, 0.1) is 23.0 Å². The van der Waals surface area contributed by atoms with Crippen molar-refractivity contribution in [1.82, 2.24) is 4.90 Å². The molecule has 1 aromatic carbocycles. The Labute approximate surface area is 125 Å². The SMILES string of the molecule is Cc1cc(NCC2CC3CCC(C2)N3C)ccc1[N+](=O)[O-]. The monoisotopic (exact) mass is 289 g/mol. The van der Waals surface area contributed by atoms with Crippen molar-refractivity contribution in [1.29, 1.82) is 0 Å². The Bertz CT molecular complexity index is 532. The average molecular weight is 289 g/mol. The van der Waals surface area contributed by atoms with Gasteiger partial charge < -0.3 is 10.2 Å². The van der Waals surface area contributed by atoms with E-state index < -0.39 is 0 Å². The van der Waals surface area contributed by atoms with E-state index in [-0.39, 0.29) is 10.6 Å². The van der Waals surface area contributed by atoms with E-state index in [2.05, 4.69) is 17.3 Å². The number of benzene rings is 1. The van der Waals surface area contributed by atoms with E-state index in [4.69, 9.17) is 0 Å². The molecule has 2 atom stereocenters. The highest BCUT2D eigenvalue weighted by atomic mass is 16.6. The standard InChI is InChI=1S/C16H23N3O2/c1-11-7-13(3-6-16(11)19(20)21)17-10-12-8-14-4-5-15(9-12)18(14)2/h3,6-7,12,14-15,17H,4-5,8-10H2,1-2H3. The molecule has 1 N–H and O–H groups in total. The minimum atomic E-state index is -0.326. The van der Waals surface area contributed by atoms with Gasteiger partial charge in [-0.15, -0.1) is 0 Å². The van der Waals surface area contributed by atoms with E-state index in [0.29, 0.717) is 11.5 Å². The molecule has 0 saturated carbocycles. The lowest BCUT2D eigenvalue weighted by atomic mass is 9.91. The van der Waals surface area contributed by atoms with Gasteiger partial charge in [-0.25, -0.2) is 0 Å². The third-order valence-corrected chi connectivity index (χ3v) is 5.18. The molecule has 5 heteroatoms. The average Bonchev–Trinajstić information content (AvgIpc) is 2.67. The van der Waals surface area contributed by atoms with Gasteiger partial charge in [0.2, 0.25) is 0 Å². The zero-order valence-electron chi connectivity index (χ0n) is 12.7. The maximum Gasteiger partial charge on any atom is 0.272 e. The fourth-order valence-electron chi connectivity index (χ4n) is 3.92. The molecule has 2 bridgehead atoms. The lowest BCUT2D eigenvalue weighted by Gasteiger charge is -2.36. The van der Waals surface area contributed by atoms with Crippen molar-refractivity contribution < 1.29 is 4.92 Å². The summed E-state index contributed by atoms with van der Waals surface area (Å²) in [6.07, 6.45) is 5.22. The summed E-state index contributed by atoms with van der Waals surface area (Å²) in [5, 5.41) is 14.3. The predicted molar refractivity (Wildman–Crippen MR) is 83.6 cm³/mol. The van der Waals surface area contributed by atoms with Crippen LogP contribution in [0.4, 0.5) is 11.4 Å². The number of anilines is 1. The summed E-state index contributed by atoms with van der Waals surface area (Å²) in [6.45, 7) is 2.76. The number of aryl methyl sites for hydroxylation is 1. The van der Waals surface area contributed by atoms with E-state index in [1.165, 1.54) is 25.7 Å². The van der Waals surface area contributed by atoms with Crippen LogP contribution < -0.4 is 5.32 Å². The molecule has 2 heterocycles. The van der Waals surface area contributed by atoms with Gasteiger partial charge in [0, 0.05) is 35.9 Å². The highest BCUT2D eigenvalue weighted by Gasteiger charge is 2.38. The molecule has 0 aromatic heterocycles. The predicted octanol–water partition coefficient (Wildman–Crippen LogP) is 3.19. The van der Waals surface area contributed by atoms with Crippen molar-refractivity contribution in [2.45, 2.75) is 44.7 Å². The van der Waals surface area contributed by atoms with E-state index in [1.54, 1.807) is 13.0 Å². The van der Waals surface area contributed by atoms with Gasteiger partial charge in [-0.05, 0) is 57.7 Å². The van der Waals surface area contributed by atoms with Gasteiger partial charge in [-0.3, -0.25) is 10.1 Å². The van der Waals surface area contributed by atoms with Gasteiger partial charge in [0.1, 0.15) is 0 Å². The van der Waals surface area contributed by atoms with E-state index in [9.17, 15) is 10.1 Å². The molecule has 0 aliphatic carbocycles. The Hall–Kier alpha value is -1.62. The van der Waals surface area contributed by atoms with Crippen molar-refractivity contribution in [2.24, 2.45) is 5.92 Å². The molecule has 2 saturated heterocycles. The third-order valence-electron chi connectivity index (χ3n) is 5.18. The third kappa shape index (κ3) is 2.88. The largest absolute Gasteiger partial charge is 0.385 e. The Morgan fingerprint density at radius 3 is 2.57 bits per heavy atom. The summed E-state index contributed by atoms with van der Waals surface area (Å²) < 4.78 is 0. The summed E-state index contributed by atoms with van der Waals surface area (Å²) in [5.41, 5.74) is 1.90. The number of rotatable bonds is 4. The van der Waals surface area contributed by atoms with Crippen molar-refractivity contribution in [3.05, 3.63) is 33.9 Å². The van der Waals surface area contributed by atoms with Gasteiger partial charge in [0.05, 0.1) is 4.92 Å². The summed E-state index contributed by atoms with van der Waals surface area (Å²) >= 11 is 0. The summed E-state index contributed by atoms with van der Waals surface area (Å²) in [4.78, 5) is 13.1. The van der Waals surface area contributed by atoms with Crippen molar-refractivity contribution in [2.75, 3.05) is 18.9 Å². The summed E-state index contributed by atoms with van der Waals surface area (Å²) in [6, 6.07) is 6.80. The maximum atomic E-state index is 10.8. The van der Waals surface area contributed by atoms with Crippen LogP contribution >= 0.6 is 0 Å². The molecule has 2 aliphatic rings. The highest BCUT2D eigenvalue weighted by Crippen LogP contribution is 2.37. The highest BCUT2D eigenvalue weighted by molar-refractivity contribution is 5.53. The molecular weight excluding hydrogens is 266 g/mol. The van der Waals surface area contributed by atoms with Crippen molar-refractivity contribution in [3.8, 4) is 0 Å². The molecule has 2 fully saturated rings. The van der Waals surface area contributed by atoms with Crippen LogP contribution in [0.1, 0.15) is 31.2 Å². The number of hydrogen-bond donors (Lipinski definition) is 1. The normalized spacial score (nSPS) is 28.6. The first-order valence-electron chi connectivity index (χ1n) is 7.75. The maximum absolute atomic E-state index is 10.8. The number of fused-ring (bicyclic) bond motifs is 2. The molecule has 1 aromatic rings. The lowest BCUT2D eigenvalue weighted by Crippen LogP contribution is -2.41. The second-order valence-electron chi connectivity index (χ2n) is 6.53. The van der Waals surface area contributed by atoms with Crippen LogP contribution in [-0.2, 0) is 0 Å². The molecule has 3 rings (SSSR count). The molecule has 2 unspecified atom stereocenters. The van der Waals surface area contributed by atoms with Crippen LogP contribution in [0.3, 0.4) is 0 Å². The van der Waals surface area contributed by atoms with Crippen LogP contribution in [0.15, 0.2) is 18.2 Å². The quantitative estimate of drug-likeness (QED) is 0.683. The Balaban J connectivity index is 1.58. The minimum Gasteiger partial charge on any atom is -0.385 e. The fraction of sp³-hybridized carbons (Fsp3) is 0.625. The van der Waals surface area contributed by atoms with Gasteiger partial charge in [-0.2, -0.15) is 0 Å². The first-order chi connectivity index (χ1) is 10.0. The molecule has 5 nitrogen and oxygen atoms in total. The Kier molecular flexibility index (Phi) is 3.85. The minimum absolute atomic E-state index is 0.192.